The van der Waals surface area contributed by atoms with Crippen LogP contribution in [0.2, 0.25) is 0 Å². The number of hydrogen-bond acceptors (Lipinski definition) is 5. The van der Waals surface area contributed by atoms with Crippen molar-refractivity contribution in [2.24, 2.45) is 5.92 Å². The molecule has 0 radical (unpaired) electrons. The minimum Gasteiger partial charge on any atom is -0.377 e. The van der Waals surface area contributed by atoms with E-state index in [1.165, 1.54) is 12.8 Å². The summed E-state index contributed by atoms with van der Waals surface area (Å²) < 4.78 is 11.2. The Morgan fingerprint density at radius 2 is 1.83 bits per heavy atom. The lowest BCUT2D eigenvalue weighted by atomic mass is 10.1. The number of pyridine rings is 1. The highest BCUT2D eigenvalue weighted by molar-refractivity contribution is 5.56. The molecule has 2 saturated heterocycles. The molecule has 1 aromatic heterocycles. The summed E-state index contributed by atoms with van der Waals surface area (Å²) in [5.74, 6) is 1.65. The van der Waals surface area contributed by atoms with E-state index in [9.17, 15) is 4.79 Å². The van der Waals surface area contributed by atoms with Gasteiger partial charge >= 0.3 is 0 Å². The van der Waals surface area contributed by atoms with Crippen LogP contribution in [-0.4, -0.2) is 56.6 Å². The Hall–Kier alpha value is -1.53. The second-order valence-corrected chi connectivity index (χ2v) is 6.88. The van der Waals surface area contributed by atoms with Gasteiger partial charge in [0.25, 0.3) is 5.56 Å². The first-order chi connectivity index (χ1) is 11.2. The number of anilines is 2. The molecule has 6 nitrogen and oxygen atoms in total. The Morgan fingerprint density at radius 1 is 1.09 bits per heavy atom. The van der Waals surface area contributed by atoms with Crippen LogP contribution in [0.15, 0.2) is 16.9 Å². The van der Waals surface area contributed by atoms with Crippen molar-refractivity contribution in [1.29, 1.82) is 0 Å². The topological polar surface area (TPSA) is 57.8 Å². The summed E-state index contributed by atoms with van der Waals surface area (Å²) in [6, 6.07) is 4.53. The molecule has 126 valence electrons. The summed E-state index contributed by atoms with van der Waals surface area (Å²) in [6.45, 7) is 6.74. The number of H-pyrrole nitrogens is 1. The smallest absolute Gasteiger partial charge is 0.251 e. The lowest BCUT2D eigenvalue weighted by Crippen LogP contribution is -2.48. The molecule has 3 fully saturated rings. The molecule has 4 rings (SSSR count). The summed E-state index contributed by atoms with van der Waals surface area (Å²) in [5, 5.41) is 0. The SMILES string of the molecule is CC1COCCN1c1cc(N2CCOCC2C2CC2)[nH]c(=O)c1. The normalized spacial score (nSPS) is 28.9. The maximum Gasteiger partial charge on any atom is 0.251 e. The highest BCUT2D eigenvalue weighted by atomic mass is 16.5. The van der Waals surface area contributed by atoms with Gasteiger partial charge in [-0.1, -0.05) is 0 Å². The summed E-state index contributed by atoms with van der Waals surface area (Å²) >= 11 is 0. The Bertz CT molecular complexity index is 613. The van der Waals surface area contributed by atoms with Crippen LogP contribution >= 0.6 is 0 Å². The van der Waals surface area contributed by atoms with Crippen molar-refractivity contribution in [1.82, 2.24) is 4.98 Å². The largest absolute Gasteiger partial charge is 0.377 e. The molecule has 3 heterocycles. The van der Waals surface area contributed by atoms with Gasteiger partial charge in [-0.15, -0.1) is 0 Å². The van der Waals surface area contributed by atoms with E-state index in [4.69, 9.17) is 9.47 Å². The van der Waals surface area contributed by atoms with Crippen molar-refractivity contribution in [2.75, 3.05) is 49.3 Å². The second-order valence-electron chi connectivity index (χ2n) is 6.88. The lowest BCUT2D eigenvalue weighted by molar-refractivity contribution is 0.0874. The van der Waals surface area contributed by atoms with E-state index in [0.717, 1.165) is 37.8 Å². The van der Waals surface area contributed by atoms with Crippen LogP contribution in [0.5, 0.6) is 0 Å². The molecule has 1 N–H and O–H groups in total. The molecule has 1 aliphatic carbocycles. The summed E-state index contributed by atoms with van der Waals surface area (Å²) in [4.78, 5) is 19.9. The Labute approximate surface area is 136 Å². The number of aromatic amines is 1. The fourth-order valence-electron chi connectivity index (χ4n) is 3.74. The third-order valence-corrected chi connectivity index (χ3v) is 5.16. The predicted octanol–water partition coefficient (Wildman–Crippen LogP) is 1.22. The Kier molecular flexibility index (Phi) is 4.03. The van der Waals surface area contributed by atoms with Crippen molar-refractivity contribution < 1.29 is 9.47 Å². The van der Waals surface area contributed by atoms with Gasteiger partial charge in [-0.3, -0.25) is 4.79 Å². The maximum absolute atomic E-state index is 12.2. The summed E-state index contributed by atoms with van der Waals surface area (Å²) in [6.07, 6.45) is 2.55. The zero-order valence-corrected chi connectivity index (χ0v) is 13.7. The first kappa shape index (κ1) is 15.0. The van der Waals surface area contributed by atoms with E-state index in [1.54, 1.807) is 6.07 Å². The van der Waals surface area contributed by atoms with Crippen LogP contribution in [0.4, 0.5) is 11.5 Å². The Morgan fingerprint density at radius 3 is 2.57 bits per heavy atom. The minimum absolute atomic E-state index is 0.0303. The summed E-state index contributed by atoms with van der Waals surface area (Å²) in [5.41, 5.74) is 0.970. The standard InChI is InChI=1S/C17H25N3O3/c1-12-10-22-6-4-19(12)14-8-16(18-17(21)9-14)20-5-7-23-11-15(20)13-2-3-13/h8-9,12-13,15H,2-7,10-11H2,1H3,(H,18,21). The number of aromatic nitrogens is 1. The van der Waals surface area contributed by atoms with Crippen molar-refractivity contribution in [3.05, 3.63) is 22.5 Å². The fourth-order valence-corrected chi connectivity index (χ4v) is 3.74. The van der Waals surface area contributed by atoms with Crippen LogP contribution < -0.4 is 15.4 Å². The van der Waals surface area contributed by atoms with E-state index in [-0.39, 0.29) is 5.56 Å². The number of rotatable bonds is 3. The number of hydrogen-bond donors (Lipinski definition) is 1. The van der Waals surface area contributed by atoms with Gasteiger partial charge in [0, 0.05) is 37.0 Å². The lowest BCUT2D eigenvalue weighted by Gasteiger charge is -2.39. The van der Waals surface area contributed by atoms with Crippen LogP contribution in [0.3, 0.4) is 0 Å². The van der Waals surface area contributed by atoms with Crippen LogP contribution in [0.25, 0.3) is 0 Å². The van der Waals surface area contributed by atoms with E-state index >= 15 is 0 Å². The van der Waals surface area contributed by atoms with Gasteiger partial charge in [-0.05, 0) is 25.7 Å². The van der Waals surface area contributed by atoms with Gasteiger partial charge in [0.2, 0.25) is 0 Å². The molecular weight excluding hydrogens is 294 g/mol. The molecule has 23 heavy (non-hydrogen) atoms. The van der Waals surface area contributed by atoms with Gasteiger partial charge < -0.3 is 24.3 Å². The van der Waals surface area contributed by atoms with Crippen LogP contribution in [0.1, 0.15) is 19.8 Å². The number of ether oxygens (including phenoxy) is 2. The summed E-state index contributed by atoms with van der Waals surface area (Å²) in [7, 11) is 0. The molecule has 2 aliphatic heterocycles. The zero-order chi connectivity index (χ0) is 15.8. The van der Waals surface area contributed by atoms with Gasteiger partial charge in [0.15, 0.2) is 0 Å². The van der Waals surface area contributed by atoms with E-state index in [2.05, 4.69) is 27.8 Å². The van der Waals surface area contributed by atoms with Gasteiger partial charge in [0.1, 0.15) is 5.82 Å². The van der Waals surface area contributed by atoms with Gasteiger partial charge in [-0.25, -0.2) is 0 Å². The number of nitrogens with zero attached hydrogens (tertiary/aromatic N) is 2. The molecule has 2 atom stereocenters. The minimum atomic E-state index is -0.0303. The van der Waals surface area contributed by atoms with E-state index in [1.807, 2.05) is 0 Å². The van der Waals surface area contributed by atoms with Crippen molar-refractivity contribution in [2.45, 2.75) is 31.8 Å². The van der Waals surface area contributed by atoms with Crippen LogP contribution in [0, 0.1) is 5.92 Å². The third kappa shape index (κ3) is 3.10. The highest BCUT2D eigenvalue weighted by Gasteiger charge is 2.37. The quantitative estimate of drug-likeness (QED) is 0.908. The van der Waals surface area contributed by atoms with Gasteiger partial charge in [0.05, 0.1) is 32.5 Å². The molecule has 3 aliphatic rings. The second kappa shape index (κ2) is 6.17. The Balaban J connectivity index is 1.64. The molecule has 1 saturated carbocycles. The average Bonchev–Trinajstić information content (AvgIpc) is 3.39. The van der Waals surface area contributed by atoms with Crippen molar-refractivity contribution in [3.63, 3.8) is 0 Å². The molecule has 0 aromatic carbocycles. The molecule has 6 heteroatoms. The fraction of sp³-hybridized carbons (Fsp3) is 0.706. The van der Waals surface area contributed by atoms with Gasteiger partial charge in [-0.2, -0.15) is 0 Å². The molecule has 0 bridgehead atoms. The number of nitrogens with one attached hydrogen (secondary N) is 1. The van der Waals surface area contributed by atoms with Crippen molar-refractivity contribution >= 4 is 11.5 Å². The van der Waals surface area contributed by atoms with E-state index in [0.29, 0.717) is 31.2 Å². The molecule has 0 amide bonds. The maximum atomic E-state index is 12.2. The third-order valence-electron chi connectivity index (χ3n) is 5.16. The zero-order valence-electron chi connectivity index (χ0n) is 13.7. The first-order valence-electron chi connectivity index (χ1n) is 8.65. The van der Waals surface area contributed by atoms with Crippen molar-refractivity contribution in [3.8, 4) is 0 Å². The first-order valence-corrected chi connectivity index (χ1v) is 8.65. The molecule has 2 unspecified atom stereocenters. The predicted molar refractivity (Wildman–Crippen MR) is 89.4 cm³/mol. The molecule has 1 aromatic rings. The monoisotopic (exact) mass is 319 g/mol. The molecule has 0 spiro atoms. The molecular formula is C17H25N3O3. The van der Waals surface area contributed by atoms with E-state index < -0.39 is 0 Å². The highest BCUT2D eigenvalue weighted by Crippen LogP contribution is 2.38. The number of morpholine rings is 2. The average molecular weight is 319 g/mol. The van der Waals surface area contributed by atoms with Crippen LogP contribution in [-0.2, 0) is 9.47 Å².